The predicted molar refractivity (Wildman–Crippen MR) is 60.7 cm³/mol. The minimum absolute atomic E-state index is 0.0678. The Labute approximate surface area is 96.6 Å². The highest BCUT2D eigenvalue weighted by molar-refractivity contribution is 8.01. The van der Waals surface area contributed by atoms with Crippen LogP contribution in [-0.4, -0.2) is 20.7 Å². The fourth-order valence-electron chi connectivity index (χ4n) is 1.01. The summed E-state index contributed by atoms with van der Waals surface area (Å²) in [6.07, 6.45) is 0. The molecule has 5 nitrogen and oxygen atoms in total. The zero-order valence-electron chi connectivity index (χ0n) is 8.84. The van der Waals surface area contributed by atoms with Crippen LogP contribution in [0.4, 0.5) is 5.69 Å². The minimum Gasteiger partial charge on any atom is -0.480 e. The molecule has 1 N–H and O–H groups in total. The zero-order valence-corrected chi connectivity index (χ0v) is 9.65. The summed E-state index contributed by atoms with van der Waals surface area (Å²) in [5.74, 6) is -1.00. The van der Waals surface area contributed by atoms with Gasteiger partial charge in [-0.3, -0.25) is 14.9 Å². The van der Waals surface area contributed by atoms with E-state index < -0.39 is 15.6 Å². The van der Waals surface area contributed by atoms with Gasteiger partial charge in [0, 0.05) is 6.07 Å². The van der Waals surface area contributed by atoms with E-state index in [1.165, 1.54) is 19.9 Å². The van der Waals surface area contributed by atoms with E-state index in [2.05, 4.69) is 0 Å². The van der Waals surface area contributed by atoms with Gasteiger partial charge in [-0.2, -0.15) is 0 Å². The number of carboxylic acids is 1. The highest BCUT2D eigenvalue weighted by Gasteiger charge is 2.31. The Hall–Kier alpha value is -1.56. The molecule has 0 amide bonds. The molecule has 0 radical (unpaired) electrons. The Morgan fingerprint density at radius 2 is 2.00 bits per heavy atom. The molecule has 0 atom stereocenters. The average Bonchev–Trinajstić information content (AvgIpc) is 2.17. The van der Waals surface area contributed by atoms with Crippen LogP contribution in [-0.2, 0) is 4.79 Å². The molecule has 16 heavy (non-hydrogen) atoms. The summed E-state index contributed by atoms with van der Waals surface area (Å²) >= 11 is 0.968. The SMILES string of the molecule is CC(C)(Sc1ccccc1[N+](=O)[O-])C(=O)O. The van der Waals surface area contributed by atoms with Crippen LogP contribution in [0.3, 0.4) is 0 Å². The summed E-state index contributed by atoms with van der Waals surface area (Å²) in [5, 5.41) is 19.7. The van der Waals surface area contributed by atoms with E-state index in [4.69, 9.17) is 5.11 Å². The molecule has 0 fully saturated rings. The van der Waals surface area contributed by atoms with Gasteiger partial charge in [0.15, 0.2) is 0 Å². The van der Waals surface area contributed by atoms with Crippen LogP contribution >= 0.6 is 11.8 Å². The quantitative estimate of drug-likeness (QED) is 0.497. The van der Waals surface area contributed by atoms with Crippen molar-refractivity contribution in [3.63, 3.8) is 0 Å². The second-order valence-corrected chi connectivity index (χ2v) is 5.31. The number of nitrogens with zero attached hydrogens (tertiary/aromatic N) is 1. The van der Waals surface area contributed by atoms with Crippen LogP contribution < -0.4 is 0 Å². The summed E-state index contributed by atoms with van der Waals surface area (Å²) in [5.41, 5.74) is -0.0678. The van der Waals surface area contributed by atoms with E-state index in [-0.39, 0.29) is 5.69 Å². The third-order valence-corrected chi connectivity index (χ3v) is 3.19. The van der Waals surface area contributed by atoms with E-state index in [1.807, 2.05) is 0 Å². The van der Waals surface area contributed by atoms with Crippen LogP contribution in [0, 0.1) is 10.1 Å². The third kappa shape index (κ3) is 2.73. The molecule has 6 heteroatoms. The zero-order chi connectivity index (χ0) is 12.3. The first-order chi connectivity index (χ1) is 7.34. The molecule has 0 saturated carbocycles. The molecule has 1 aromatic rings. The highest BCUT2D eigenvalue weighted by atomic mass is 32.2. The van der Waals surface area contributed by atoms with E-state index >= 15 is 0 Å². The second-order valence-electron chi connectivity index (χ2n) is 3.64. The van der Waals surface area contributed by atoms with E-state index in [0.29, 0.717) is 4.90 Å². The maximum atomic E-state index is 10.9. The topological polar surface area (TPSA) is 80.4 Å². The number of aliphatic carboxylic acids is 1. The fraction of sp³-hybridized carbons (Fsp3) is 0.300. The lowest BCUT2D eigenvalue weighted by atomic mass is 10.2. The number of thioether (sulfide) groups is 1. The molecule has 0 aliphatic rings. The van der Waals surface area contributed by atoms with Gasteiger partial charge in [0.05, 0.1) is 9.82 Å². The monoisotopic (exact) mass is 241 g/mol. The number of hydrogen-bond donors (Lipinski definition) is 1. The number of carboxylic acid groups (broad SMARTS) is 1. The number of rotatable bonds is 4. The molecule has 1 aromatic carbocycles. The molecule has 0 unspecified atom stereocenters. The maximum Gasteiger partial charge on any atom is 0.319 e. The van der Waals surface area contributed by atoms with E-state index in [9.17, 15) is 14.9 Å². The number of carbonyl (C=O) groups is 1. The van der Waals surface area contributed by atoms with Gasteiger partial charge in [0.25, 0.3) is 5.69 Å². The summed E-state index contributed by atoms with van der Waals surface area (Å²) in [4.78, 5) is 21.5. The standard InChI is InChI=1S/C10H11NO4S/c1-10(2,9(12)13)16-8-6-4-3-5-7(8)11(14)15/h3-6H,1-2H3,(H,12,13). The first kappa shape index (κ1) is 12.5. The number of benzene rings is 1. The minimum atomic E-state index is -1.09. The van der Waals surface area contributed by atoms with Gasteiger partial charge in [-0.05, 0) is 19.9 Å². The summed E-state index contributed by atoms with van der Waals surface area (Å²) in [6.45, 7) is 3.02. The summed E-state index contributed by atoms with van der Waals surface area (Å²) < 4.78 is -1.09. The van der Waals surface area contributed by atoms with Gasteiger partial charge in [-0.15, -0.1) is 11.8 Å². The maximum absolute atomic E-state index is 10.9. The second kappa shape index (κ2) is 4.52. The lowest BCUT2D eigenvalue weighted by Crippen LogP contribution is -2.27. The van der Waals surface area contributed by atoms with Gasteiger partial charge >= 0.3 is 5.97 Å². The van der Waals surface area contributed by atoms with E-state index in [1.54, 1.807) is 18.2 Å². The number of nitro benzene ring substituents is 1. The van der Waals surface area contributed by atoms with Crippen molar-refractivity contribution >= 4 is 23.4 Å². The Morgan fingerprint density at radius 3 is 2.50 bits per heavy atom. The first-order valence-corrected chi connectivity index (χ1v) is 5.32. The largest absolute Gasteiger partial charge is 0.480 e. The molecule has 0 aliphatic carbocycles. The van der Waals surface area contributed by atoms with Crippen molar-refractivity contribution in [2.24, 2.45) is 0 Å². The smallest absolute Gasteiger partial charge is 0.319 e. The molecule has 0 heterocycles. The molecule has 0 aromatic heterocycles. The number of nitro groups is 1. The summed E-state index contributed by atoms with van der Waals surface area (Å²) in [6, 6.07) is 6.11. The van der Waals surface area contributed by atoms with Crippen molar-refractivity contribution < 1.29 is 14.8 Å². The Kier molecular flexibility index (Phi) is 3.54. The molecule has 0 bridgehead atoms. The normalized spacial score (nSPS) is 11.1. The van der Waals surface area contributed by atoms with Gasteiger partial charge in [0.1, 0.15) is 4.75 Å². The van der Waals surface area contributed by atoms with Crippen molar-refractivity contribution in [3.05, 3.63) is 34.4 Å². The Balaban J connectivity index is 3.06. The van der Waals surface area contributed by atoms with Crippen molar-refractivity contribution in [3.8, 4) is 0 Å². The summed E-state index contributed by atoms with van der Waals surface area (Å²) in [7, 11) is 0. The van der Waals surface area contributed by atoms with Crippen LogP contribution in [0.25, 0.3) is 0 Å². The van der Waals surface area contributed by atoms with Crippen LogP contribution in [0.5, 0.6) is 0 Å². The average molecular weight is 241 g/mol. The van der Waals surface area contributed by atoms with Crippen LogP contribution in [0.1, 0.15) is 13.8 Å². The van der Waals surface area contributed by atoms with Gasteiger partial charge < -0.3 is 5.11 Å². The molecular weight excluding hydrogens is 230 g/mol. The molecule has 0 aliphatic heterocycles. The molecule has 0 saturated heterocycles. The van der Waals surface area contributed by atoms with Crippen molar-refractivity contribution in [2.75, 3.05) is 0 Å². The van der Waals surface area contributed by atoms with Crippen LogP contribution in [0.2, 0.25) is 0 Å². The molecule has 86 valence electrons. The van der Waals surface area contributed by atoms with Crippen molar-refractivity contribution in [1.82, 2.24) is 0 Å². The number of hydrogen-bond acceptors (Lipinski definition) is 4. The molecule has 0 spiro atoms. The van der Waals surface area contributed by atoms with Crippen LogP contribution in [0.15, 0.2) is 29.2 Å². The highest BCUT2D eigenvalue weighted by Crippen LogP contribution is 2.37. The van der Waals surface area contributed by atoms with Crippen molar-refractivity contribution in [2.45, 2.75) is 23.5 Å². The van der Waals surface area contributed by atoms with Gasteiger partial charge in [0.2, 0.25) is 0 Å². The molecular formula is C10H11NO4S. The first-order valence-electron chi connectivity index (χ1n) is 4.50. The number of para-hydroxylation sites is 1. The fourth-order valence-corrected chi connectivity index (χ4v) is 2.04. The molecule has 1 rings (SSSR count). The Morgan fingerprint density at radius 1 is 1.44 bits per heavy atom. The predicted octanol–water partition coefficient (Wildman–Crippen LogP) is 2.55. The van der Waals surface area contributed by atoms with Gasteiger partial charge in [-0.1, -0.05) is 12.1 Å². The lowest BCUT2D eigenvalue weighted by molar-refractivity contribution is -0.387. The lowest BCUT2D eigenvalue weighted by Gasteiger charge is -2.17. The Bertz CT molecular complexity index is 431. The van der Waals surface area contributed by atoms with Crippen molar-refractivity contribution in [1.29, 1.82) is 0 Å². The van der Waals surface area contributed by atoms with Gasteiger partial charge in [-0.25, -0.2) is 0 Å². The van der Waals surface area contributed by atoms with E-state index in [0.717, 1.165) is 11.8 Å². The third-order valence-electron chi connectivity index (χ3n) is 1.94.